The lowest BCUT2D eigenvalue weighted by molar-refractivity contribution is -0.136. The molecule has 0 aliphatic heterocycles. The number of hydrogen-bond donors (Lipinski definition) is 2. The second-order valence-electron chi connectivity index (χ2n) is 5.98. The van der Waals surface area contributed by atoms with Crippen LogP contribution in [-0.2, 0) is 16.1 Å². The van der Waals surface area contributed by atoms with Crippen molar-refractivity contribution in [1.29, 1.82) is 0 Å². The number of anilines is 1. The van der Waals surface area contributed by atoms with E-state index in [1.165, 1.54) is 6.20 Å². The lowest BCUT2D eigenvalue weighted by Crippen LogP contribution is -2.35. The molecule has 0 saturated heterocycles. The Morgan fingerprint density at radius 2 is 1.80 bits per heavy atom. The highest BCUT2D eigenvalue weighted by Gasteiger charge is 2.14. The van der Waals surface area contributed by atoms with Crippen LogP contribution in [0.2, 0.25) is 0 Å². The first-order valence-electron chi connectivity index (χ1n) is 8.03. The molecule has 2 N–H and O–H groups in total. The third kappa shape index (κ3) is 4.01. The summed E-state index contributed by atoms with van der Waals surface area (Å²) in [5, 5.41) is 6.12. The molecule has 1 aromatic heterocycles. The van der Waals surface area contributed by atoms with Gasteiger partial charge < -0.3 is 10.6 Å². The highest BCUT2D eigenvalue weighted by atomic mass is 16.2. The molecule has 0 spiro atoms. The molecule has 0 unspecified atom stereocenters. The molecule has 0 radical (unpaired) electrons. The van der Waals surface area contributed by atoms with Gasteiger partial charge in [0.05, 0.1) is 17.4 Å². The number of hydrogen-bond acceptors (Lipinski definition) is 3. The van der Waals surface area contributed by atoms with E-state index in [0.717, 1.165) is 27.6 Å². The summed E-state index contributed by atoms with van der Waals surface area (Å²) in [7, 11) is 0. The first-order chi connectivity index (χ1) is 12.0. The summed E-state index contributed by atoms with van der Waals surface area (Å²) in [6.45, 7) is 4.31. The van der Waals surface area contributed by atoms with Crippen molar-refractivity contribution in [1.82, 2.24) is 10.3 Å². The molecule has 0 bridgehead atoms. The van der Waals surface area contributed by atoms with Crippen molar-refractivity contribution in [3.05, 3.63) is 71.4 Å². The maximum absolute atomic E-state index is 12.1. The quantitative estimate of drug-likeness (QED) is 0.724. The number of aryl methyl sites for hydroxylation is 2. The third-order valence-corrected chi connectivity index (χ3v) is 3.99. The number of carbonyl (C=O) groups is 2. The van der Waals surface area contributed by atoms with E-state index in [0.29, 0.717) is 12.2 Å². The van der Waals surface area contributed by atoms with Crippen molar-refractivity contribution >= 4 is 28.4 Å². The monoisotopic (exact) mass is 333 g/mol. The van der Waals surface area contributed by atoms with Crippen molar-refractivity contribution in [2.45, 2.75) is 20.4 Å². The number of amides is 2. The summed E-state index contributed by atoms with van der Waals surface area (Å²) in [4.78, 5) is 28.3. The molecule has 5 heteroatoms. The number of rotatable bonds is 3. The Hall–Kier alpha value is -3.21. The molecule has 3 aromatic rings. The molecule has 2 aromatic carbocycles. The van der Waals surface area contributed by atoms with E-state index >= 15 is 0 Å². The highest BCUT2D eigenvalue weighted by molar-refractivity contribution is 6.39. The molecule has 0 aliphatic carbocycles. The zero-order valence-electron chi connectivity index (χ0n) is 14.2. The second-order valence-corrected chi connectivity index (χ2v) is 5.98. The maximum atomic E-state index is 12.1. The molecular formula is C20H19N3O2. The number of nitrogens with one attached hydrogen (secondary N) is 2. The Morgan fingerprint density at radius 3 is 2.60 bits per heavy atom. The van der Waals surface area contributed by atoms with Crippen LogP contribution in [-0.4, -0.2) is 16.8 Å². The smallest absolute Gasteiger partial charge is 0.313 e. The zero-order chi connectivity index (χ0) is 17.8. The van der Waals surface area contributed by atoms with Crippen molar-refractivity contribution in [2.75, 3.05) is 5.32 Å². The fourth-order valence-corrected chi connectivity index (χ4v) is 2.63. The van der Waals surface area contributed by atoms with Crippen LogP contribution in [0.25, 0.3) is 10.9 Å². The van der Waals surface area contributed by atoms with E-state index in [1.54, 1.807) is 6.07 Å². The molecule has 2 amide bonds. The summed E-state index contributed by atoms with van der Waals surface area (Å²) < 4.78 is 0. The van der Waals surface area contributed by atoms with Gasteiger partial charge in [0.15, 0.2) is 0 Å². The number of carbonyl (C=O) groups excluding carboxylic acids is 2. The average Bonchev–Trinajstić information content (AvgIpc) is 2.60. The number of para-hydroxylation sites is 1. The van der Waals surface area contributed by atoms with Crippen LogP contribution in [0, 0.1) is 13.8 Å². The van der Waals surface area contributed by atoms with Gasteiger partial charge in [-0.2, -0.15) is 0 Å². The van der Waals surface area contributed by atoms with Crippen LogP contribution < -0.4 is 10.6 Å². The van der Waals surface area contributed by atoms with E-state index in [1.807, 2.05) is 56.3 Å². The summed E-state index contributed by atoms with van der Waals surface area (Å²) in [5.41, 5.74) is 4.55. The van der Waals surface area contributed by atoms with Crippen LogP contribution in [0.1, 0.15) is 16.7 Å². The minimum absolute atomic E-state index is 0.314. The Morgan fingerprint density at radius 1 is 1.00 bits per heavy atom. The van der Waals surface area contributed by atoms with E-state index in [4.69, 9.17) is 0 Å². The Bertz CT molecular complexity index is 951. The molecule has 126 valence electrons. The average molecular weight is 333 g/mol. The fourth-order valence-electron chi connectivity index (χ4n) is 2.63. The van der Waals surface area contributed by atoms with E-state index < -0.39 is 11.8 Å². The molecule has 5 nitrogen and oxygen atoms in total. The number of aromatic nitrogens is 1. The normalized spacial score (nSPS) is 10.5. The molecule has 3 rings (SSSR count). The second kappa shape index (κ2) is 7.13. The Labute approximate surface area is 146 Å². The molecule has 0 fully saturated rings. The van der Waals surface area contributed by atoms with Crippen LogP contribution in [0.4, 0.5) is 5.69 Å². The van der Waals surface area contributed by atoms with Crippen LogP contribution in [0.3, 0.4) is 0 Å². The Balaban J connectivity index is 1.62. The van der Waals surface area contributed by atoms with Gasteiger partial charge in [-0.1, -0.05) is 42.0 Å². The van der Waals surface area contributed by atoms with Gasteiger partial charge in [0.25, 0.3) is 0 Å². The topological polar surface area (TPSA) is 71.1 Å². The summed E-state index contributed by atoms with van der Waals surface area (Å²) in [5.74, 6) is -1.38. The summed E-state index contributed by atoms with van der Waals surface area (Å²) in [6.07, 6.45) is 1.54. The minimum atomic E-state index is -0.707. The molecule has 0 aliphatic rings. The van der Waals surface area contributed by atoms with Crippen LogP contribution in [0.15, 0.2) is 54.7 Å². The molecular weight excluding hydrogens is 314 g/mol. The van der Waals surface area contributed by atoms with E-state index in [2.05, 4.69) is 15.6 Å². The zero-order valence-corrected chi connectivity index (χ0v) is 14.2. The van der Waals surface area contributed by atoms with Gasteiger partial charge in [-0.15, -0.1) is 0 Å². The van der Waals surface area contributed by atoms with Gasteiger partial charge in [0.2, 0.25) is 0 Å². The molecule has 25 heavy (non-hydrogen) atoms. The van der Waals surface area contributed by atoms with Gasteiger partial charge in [-0.25, -0.2) is 0 Å². The van der Waals surface area contributed by atoms with Crippen molar-refractivity contribution in [2.24, 2.45) is 0 Å². The van der Waals surface area contributed by atoms with Crippen molar-refractivity contribution < 1.29 is 9.59 Å². The van der Waals surface area contributed by atoms with E-state index in [-0.39, 0.29) is 0 Å². The Kier molecular flexibility index (Phi) is 4.75. The lowest BCUT2D eigenvalue weighted by atomic mass is 10.1. The van der Waals surface area contributed by atoms with Crippen molar-refractivity contribution in [3.8, 4) is 0 Å². The van der Waals surface area contributed by atoms with Gasteiger partial charge in [-0.3, -0.25) is 14.6 Å². The van der Waals surface area contributed by atoms with Crippen molar-refractivity contribution in [3.63, 3.8) is 0 Å². The molecule has 0 atom stereocenters. The predicted molar refractivity (Wildman–Crippen MR) is 98.1 cm³/mol. The van der Waals surface area contributed by atoms with Gasteiger partial charge in [0.1, 0.15) is 0 Å². The third-order valence-electron chi connectivity index (χ3n) is 3.99. The lowest BCUT2D eigenvalue weighted by Gasteiger charge is -2.09. The standard InChI is InChI=1S/C20H19N3O2/c1-13-7-8-16(14(2)9-13)11-22-19(24)20(25)23-17-10-15-5-3-4-6-18(15)21-12-17/h3-10,12H,11H2,1-2H3,(H,22,24)(H,23,25). The number of fused-ring (bicyclic) bond motifs is 1. The maximum Gasteiger partial charge on any atom is 0.313 e. The molecule has 0 saturated carbocycles. The highest BCUT2D eigenvalue weighted by Crippen LogP contribution is 2.16. The number of pyridine rings is 1. The summed E-state index contributed by atoms with van der Waals surface area (Å²) >= 11 is 0. The van der Waals surface area contributed by atoms with Gasteiger partial charge in [0, 0.05) is 11.9 Å². The fraction of sp³-hybridized carbons (Fsp3) is 0.150. The SMILES string of the molecule is Cc1ccc(CNC(=O)C(=O)Nc2cnc3ccccc3c2)c(C)c1. The first-order valence-corrected chi connectivity index (χ1v) is 8.03. The number of benzene rings is 2. The number of nitrogens with zero attached hydrogens (tertiary/aromatic N) is 1. The molecule has 1 heterocycles. The van der Waals surface area contributed by atoms with Gasteiger partial charge >= 0.3 is 11.8 Å². The van der Waals surface area contributed by atoms with Gasteiger partial charge in [-0.05, 0) is 37.1 Å². The van der Waals surface area contributed by atoms with Crippen LogP contribution >= 0.6 is 0 Å². The first kappa shape index (κ1) is 16.6. The largest absolute Gasteiger partial charge is 0.344 e. The van der Waals surface area contributed by atoms with E-state index in [9.17, 15) is 9.59 Å². The predicted octanol–water partition coefficient (Wildman–Crippen LogP) is 3.11. The van der Waals surface area contributed by atoms with Crippen LogP contribution in [0.5, 0.6) is 0 Å². The minimum Gasteiger partial charge on any atom is -0.344 e. The summed E-state index contributed by atoms with van der Waals surface area (Å²) in [6, 6.07) is 15.3.